The van der Waals surface area contributed by atoms with Gasteiger partial charge in [-0.25, -0.2) is 0 Å². The fourth-order valence-electron chi connectivity index (χ4n) is 2.76. The third-order valence-corrected chi connectivity index (χ3v) is 5.54. The molecule has 1 aliphatic carbocycles. The molecule has 1 aromatic rings. The molecule has 16 heavy (non-hydrogen) atoms. The molecule has 1 aliphatic rings. The number of rotatable bonds is 0. The molecule has 88 valence electrons. The zero-order chi connectivity index (χ0) is 12.1. The molecule has 0 amide bonds. The van der Waals surface area contributed by atoms with Gasteiger partial charge in [0, 0.05) is 10.2 Å². The Labute approximate surface area is 108 Å². The van der Waals surface area contributed by atoms with Gasteiger partial charge in [0.25, 0.3) is 0 Å². The van der Waals surface area contributed by atoms with E-state index in [-0.39, 0.29) is 10.8 Å². The van der Waals surface area contributed by atoms with Crippen LogP contribution in [0.5, 0.6) is 0 Å². The Morgan fingerprint density at radius 3 is 2.38 bits per heavy atom. The summed E-state index contributed by atoms with van der Waals surface area (Å²) in [4.78, 5) is 0.560. The second-order valence-electron chi connectivity index (χ2n) is 6.33. The van der Waals surface area contributed by atoms with Crippen LogP contribution in [0.1, 0.15) is 50.8 Å². The number of halogens is 1. The van der Waals surface area contributed by atoms with E-state index >= 15 is 0 Å². The van der Waals surface area contributed by atoms with Gasteiger partial charge in [0.1, 0.15) is 0 Å². The Morgan fingerprint density at radius 2 is 1.75 bits per heavy atom. The van der Waals surface area contributed by atoms with Gasteiger partial charge >= 0.3 is 0 Å². The number of alkyl halides is 1. The quantitative estimate of drug-likeness (QED) is 0.604. The molecule has 0 heterocycles. The number of hydrogen-bond acceptors (Lipinski definition) is 0. The average molecular weight is 281 g/mol. The minimum atomic E-state index is 0.233. The molecule has 1 heteroatoms. The highest BCUT2D eigenvalue weighted by molar-refractivity contribution is 9.09. The third kappa shape index (κ3) is 1.73. The summed E-state index contributed by atoms with van der Waals surface area (Å²) >= 11 is 3.88. The predicted octanol–water partition coefficient (Wildman–Crippen LogP) is 4.72. The van der Waals surface area contributed by atoms with Crippen molar-refractivity contribution in [3.8, 4) is 0 Å². The lowest BCUT2D eigenvalue weighted by molar-refractivity contribution is 0.348. The fourth-order valence-corrected chi connectivity index (χ4v) is 3.82. The lowest BCUT2D eigenvalue weighted by Gasteiger charge is -2.45. The summed E-state index contributed by atoms with van der Waals surface area (Å²) in [6.45, 7) is 11.6. The van der Waals surface area contributed by atoms with Crippen LogP contribution in [0, 0.1) is 6.92 Å². The van der Waals surface area contributed by atoms with Crippen molar-refractivity contribution < 1.29 is 0 Å². The summed E-state index contributed by atoms with van der Waals surface area (Å²) in [5.74, 6) is 0. The molecule has 0 N–H and O–H groups in total. The van der Waals surface area contributed by atoms with Gasteiger partial charge in [-0.15, -0.1) is 0 Å². The maximum absolute atomic E-state index is 3.88. The van der Waals surface area contributed by atoms with Gasteiger partial charge < -0.3 is 0 Å². The largest absolute Gasteiger partial charge is 0.0881 e. The molecule has 0 spiro atoms. The second kappa shape index (κ2) is 3.60. The van der Waals surface area contributed by atoms with Gasteiger partial charge in [0.15, 0.2) is 0 Å². The predicted molar refractivity (Wildman–Crippen MR) is 74.6 cm³/mol. The highest BCUT2D eigenvalue weighted by Crippen LogP contribution is 2.48. The van der Waals surface area contributed by atoms with Gasteiger partial charge in [-0.05, 0) is 29.9 Å². The zero-order valence-corrected chi connectivity index (χ0v) is 12.5. The van der Waals surface area contributed by atoms with Crippen molar-refractivity contribution in [1.29, 1.82) is 0 Å². The zero-order valence-electron chi connectivity index (χ0n) is 10.9. The first kappa shape index (κ1) is 12.2. The van der Waals surface area contributed by atoms with Crippen LogP contribution in [0.25, 0.3) is 0 Å². The van der Waals surface area contributed by atoms with Crippen LogP contribution >= 0.6 is 15.9 Å². The van der Waals surface area contributed by atoms with E-state index in [1.54, 1.807) is 0 Å². The molecule has 2 rings (SSSR count). The summed E-state index contributed by atoms with van der Waals surface area (Å²) < 4.78 is 0. The van der Waals surface area contributed by atoms with Crippen LogP contribution in [0.3, 0.4) is 0 Å². The van der Waals surface area contributed by atoms with Crippen LogP contribution in [0.2, 0.25) is 0 Å². The molecule has 1 unspecified atom stereocenters. The third-order valence-electron chi connectivity index (χ3n) is 4.07. The highest BCUT2D eigenvalue weighted by atomic mass is 79.9. The van der Waals surface area contributed by atoms with E-state index in [0.29, 0.717) is 4.83 Å². The average Bonchev–Trinajstić information content (AvgIpc) is 2.14. The molecule has 0 saturated heterocycles. The molecular formula is C15H21Br. The van der Waals surface area contributed by atoms with Crippen molar-refractivity contribution in [1.82, 2.24) is 0 Å². The van der Waals surface area contributed by atoms with Crippen molar-refractivity contribution in [3.05, 3.63) is 34.9 Å². The Balaban J connectivity index is 2.68. The number of fused-ring (bicyclic) bond motifs is 1. The molecule has 0 aromatic heterocycles. The monoisotopic (exact) mass is 280 g/mol. The Morgan fingerprint density at radius 1 is 1.12 bits per heavy atom. The first-order valence-corrected chi connectivity index (χ1v) is 6.92. The maximum Gasteiger partial charge on any atom is 0.0245 e. The van der Waals surface area contributed by atoms with Crippen molar-refractivity contribution in [3.63, 3.8) is 0 Å². The molecule has 1 atom stereocenters. The van der Waals surface area contributed by atoms with Gasteiger partial charge in [-0.1, -0.05) is 67.4 Å². The maximum atomic E-state index is 3.88. The smallest absolute Gasteiger partial charge is 0.0245 e. The molecule has 1 aromatic carbocycles. The lowest BCUT2D eigenvalue weighted by atomic mass is 9.63. The fraction of sp³-hybridized carbons (Fsp3) is 0.600. The molecule has 0 bridgehead atoms. The molecule has 0 nitrogen and oxygen atoms in total. The summed E-state index contributed by atoms with van der Waals surface area (Å²) in [5, 5.41) is 0. The molecule has 0 aliphatic heterocycles. The SMILES string of the molecule is Cc1ccc2c(c1)C(C)(C)C(Br)CC2(C)C. The van der Waals surface area contributed by atoms with E-state index in [1.807, 2.05) is 0 Å². The second-order valence-corrected chi connectivity index (χ2v) is 7.43. The topological polar surface area (TPSA) is 0 Å². The van der Waals surface area contributed by atoms with Crippen molar-refractivity contribution >= 4 is 15.9 Å². The van der Waals surface area contributed by atoms with Crippen LogP contribution in [0.15, 0.2) is 18.2 Å². The van der Waals surface area contributed by atoms with Crippen LogP contribution < -0.4 is 0 Å². The van der Waals surface area contributed by atoms with Gasteiger partial charge in [-0.3, -0.25) is 0 Å². The lowest BCUT2D eigenvalue weighted by Crippen LogP contribution is -2.42. The Kier molecular flexibility index (Phi) is 2.73. The Bertz CT molecular complexity index is 415. The standard InChI is InChI=1S/C15H21Br/c1-10-6-7-11-12(8-10)15(4,5)13(16)9-14(11,2)3/h6-8,13H,9H2,1-5H3. The van der Waals surface area contributed by atoms with E-state index in [4.69, 9.17) is 0 Å². The summed E-state index contributed by atoms with van der Waals surface area (Å²) in [5.41, 5.74) is 4.93. The summed E-state index contributed by atoms with van der Waals surface area (Å²) in [6.07, 6.45) is 1.20. The normalized spacial score (nSPS) is 26.2. The van der Waals surface area contributed by atoms with Crippen LogP contribution in [-0.4, -0.2) is 4.83 Å². The highest BCUT2D eigenvalue weighted by Gasteiger charge is 2.42. The van der Waals surface area contributed by atoms with E-state index in [2.05, 4.69) is 68.7 Å². The van der Waals surface area contributed by atoms with E-state index < -0.39 is 0 Å². The number of benzene rings is 1. The van der Waals surface area contributed by atoms with Crippen LogP contribution in [0.4, 0.5) is 0 Å². The molecule has 0 saturated carbocycles. The minimum Gasteiger partial charge on any atom is -0.0881 e. The van der Waals surface area contributed by atoms with Gasteiger partial charge in [-0.2, -0.15) is 0 Å². The minimum absolute atomic E-state index is 0.233. The first-order valence-electron chi connectivity index (χ1n) is 6.01. The van der Waals surface area contributed by atoms with E-state index in [0.717, 1.165) is 0 Å². The summed E-state index contributed by atoms with van der Waals surface area (Å²) in [6, 6.07) is 6.93. The number of hydrogen-bond donors (Lipinski definition) is 0. The van der Waals surface area contributed by atoms with E-state index in [1.165, 1.54) is 23.1 Å². The van der Waals surface area contributed by atoms with Gasteiger partial charge in [0.2, 0.25) is 0 Å². The van der Waals surface area contributed by atoms with Crippen molar-refractivity contribution in [2.75, 3.05) is 0 Å². The molecule has 0 fully saturated rings. The van der Waals surface area contributed by atoms with Crippen LogP contribution in [-0.2, 0) is 10.8 Å². The molecule has 0 radical (unpaired) electrons. The van der Waals surface area contributed by atoms with Gasteiger partial charge in [0.05, 0.1) is 0 Å². The van der Waals surface area contributed by atoms with Crippen molar-refractivity contribution in [2.24, 2.45) is 0 Å². The first-order chi connectivity index (χ1) is 7.25. The molecular weight excluding hydrogens is 260 g/mol. The number of aryl methyl sites for hydroxylation is 1. The Hall–Kier alpha value is -0.300. The van der Waals surface area contributed by atoms with Crippen molar-refractivity contribution in [2.45, 2.75) is 56.7 Å². The van der Waals surface area contributed by atoms with E-state index in [9.17, 15) is 0 Å². The summed E-state index contributed by atoms with van der Waals surface area (Å²) in [7, 11) is 0.